The quantitative estimate of drug-likeness (QED) is 0.903. The number of hydrogen-bond acceptors (Lipinski definition) is 2. The van der Waals surface area contributed by atoms with Gasteiger partial charge in [0, 0.05) is 22.0 Å². The van der Waals surface area contributed by atoms with E-state index in [-0.39, 0.29) is 0 Å². The Morgan fingerprint density at radius 1 is 1.53 bits per heavy atom. The van der Waals surface area contributed by atoms with Crippen LogP contribution in [-0.4, -0.2) is 17.5 Å². The van der Waals surface area contributed by atoms with Crippen LogP contribution in [0, 0.1) is 0 Å². The maximum Gasteiger partial charge on any atom is 0.0375 e. The largest absolute Gasteiger partial charge is 0.381 e. The summed E-state index contributed by atoms with van der Waals surface area (Å²) in [6.45, 7) is 2.20. The van der Waals surface area contributed by atoms with Crippen LogP contribution in [0.1, 0.15) is 18.9 Å². The van der Waals surface area contributed by atoms with Crippen molar-refractivity contribution in [1.82, 2.24) is 0 Å². The predicted molar refractivity (Wildman–Crippen MR) is 72.9 cm³/mol. The summed E-state index contributed by atoms with van der Waals surface area (Å²) < 4.78 is 1.17. The van der Waals surface area contributed by atoms with Crippen molar-refractivity contribution in [3.8, 4) is 0 Å². The van der Waals surface area contributed by atoms with E-state index in [0.29, 0.717) is 6.04 Å². The van der Waals surface area contributed by atoms with Gasteiger partial charge in [-0.1, -0.05) is 22.9 Å². The number of halogens is 1. The van der Waals surface area contributed by atoms with Gasteiger partial charge in [0.15, 0.2) is 0 Å². The van der Waals surface area contributed by atoms with Crippen LogP contribution in [0.2, 0.25) is 0 Å². The normalized spacial score (nSPS) is 20.5. The number of rotatable bonds is 3. The second-order valence-electron chi connectivity index (χ2n) is 3.86. The Morgan fingerprint density at radius 3 is 3.07 bits per heavy atom. The van der Waals surface area contributed by atoms with Gasteiger partial charge in [-0.15, -0.1) is 0 Å². The first-order chi connectivity index (χ1) is 7.29. The Kier molecular flexibility index (Phi) is 3.98. The molecule has 1 aliphatic rings. The molecular weight excluding hydrogens is 270 g/mol. The number of hydrogen-bond donors (Lipinski definition) is 1. The van der Waals surface area contributed by atoms with E-state index < -0.39 is 0 Å². The lowest BCUT2D eigenvalue weighted by atomic mass is 10.1. The molecule has 1 fully saturated rings. The van der Waals surface area contributed by atoms with E-state index in [2.05, 4.69) is 46.4 Å². The number of thioether (sulfide) groups is 1. The summed E-state index contributed by atoms with van der Waals surface area (Å²) in [5.41, 5.74) is 2.72. The van der Waals surface area contributed by atoms with Crippen LogP contribution < -0.4 is 5.32 Å². The molecule has 0 radical (unpaired) electrons. The summed E-state index contributed by atoms with van der Waals surface area (Å²) in [4.78, 5) is 0. The zero-order valence-electron chi connectivity index (χ0n) is 8.92. The van der Waals surface area contributed by atoms with Gasteiger partial charge in [-0.2, -0.15) is 11.8 Å². The van der Waals surface area contributed by atoms with Crippen molar-refractivity contribution in [2.24, 2.45) is 0 Å². The lowest BCUT2D eigenvalue weighted by Crippen LogP contribution is -2.18. The maximum atomic E-state index is 3.65. The molecule has 1 aromatic rings. The van der Waals surface area contributed by atoms with E-state index in [0.717, 1.165) is 6.42 Å². The second kappa shape index (κ2) is 5.26. The Morgan fingerprint density at radius 2 is 2.40 bits per heavy atom. The summed E-state index contributed by atoms with van der Waals surface area (Å²) in [5.74, 6) is 2.55. The highest BCUT2D eigenvalue weighted by Crippen LogP contribution is 2.26. The first-order valence-corrected chi connectivity index (χ1v) is 7.37. The van der Waals surface area contributed by atoms with Crippen LogP contribution in [0.4, 0.5) is 5.69 Å². The van der Waals surface area contributed by atoms with Crippen LogP contribution in [-0.2, 0) is 6.42 Å². The fraction of sp³-hybridized carbons (Fsp3) is 0.500. The van der Waals surface area contributed by atoms with E-state index >= 15 is 0 Å². The monoisotopic (exact) mass is 285 g/mol. The Hall–Kier alpha value is -0.150. The van der Waals surface area contributed by atoms with Crippen molar-refractivity contribution in [1.29, 1.82) is 0 Å². The summed E-state index contributed by atoms with van der Waals surface area (Å²) in [5, 5.41) is 3.65. The van der Waals surface area contributed by atoms with Crippen molar-refractivity contribution in [2.45, 2.75) is 25.8 Å². The third-order valence-corrected chi connectivity index (χ3v) is 4.39. The van der Waals surface area contributed by atoms with Crippen molar-refractivity contribution >= 4 is 33.4 Å². The lowest BCUT2D eigenvalue weighted by Gasteiger charge is -2.16. The molecule has 1 heterocycles. The van der Waals surface area contributed by atoms with Crippen LogP contribution >= 0.6 is 27.7 Å². The average molecular weight is 286 g/mol. The summed E-state index contributed by atoms with van der Waals surface area (Å²) in [6.07, 6.45) is 2.38. The van der Waals surface area contributed by atoms with Gasteiger partial charge in [-0.05, 0) is 42.4 Å². The molecule has 1 N–H and O–H groups in total. The number of benzene rings is 1. The van der Waals surface area contributed by atoms with Crippen LogP contribution in [0.25, 0.3) is 0 Å². The smallest absolute Gasteiger partial charge is 0.0375 e. The van der Waals surface area contributed by atoms with E-state index in [1.165, 1.54) is 33.7 Å². The molecular formula is C12H16BrNS. The second-order valence-corrected chi connectivity index (χ2v) is 5.93. The van der Waals surface area contributed by atoms with Gasteiger partial charge < -0.3 is 5.32 Å². The zero-order valence-corrected chi connectivity index (χ0v) is 11.3. The maximum absolute atomic E-state index is 3.65. The molecule has 15 heavy (non-hydrogen) atoms. The number of nitrogens with one attached hydrogen (secondary N) is 1. The molecule has 82 valence electrons. The van der Waals surface area contributed by atoms with Crippen LogP contribution in [0.3, 0.4) is 0 Å². The molecule has 0 aliphatic carbocycles. The molecule has 2 rings (SSSR count). The molecule has 1 nitrogen and oxygen atoms in total. The Bertz CT molecular complexity index is 334. The Balaban J connectivity index is 2.12. The minimum atomic E-state index is 0.668. The van der Waals surface area contributed by atoms with Gasteiger partial charge in [-0.3, -0.25) is 0 Å². The molecule has 0 amide bonds. The zero-order chi connectivity index (χ0) is 10.7. The number of aryl methyl sites for hydroxylation is 1. The van der Waals surface area contributed by atoms with E-state index in [1.807, 2.05) is 11.8 Å². The van der Waals surface area contributed by atoms with E-state index in [9.17, 15) is 0 Å². The molecule has 0 bridgehead atoms. The summed E-state index contributed by atoms with van der Waals surface area (Å²) in [6, 6.07) is 7.18. The fourth-order valence-corrected chi connectivity index (χ4v) is 3.42. The average Bonchev–Trinajstić information content (AvgIpc) is 2.73. The third-order valence-electron chi connectivity index (χ3n) is 2.74. The molecule has 1 saturated heterocycles. The highest BCUT2D eigenvalue weighted by Gasteiger charge is 2.15. The minimum absolute atomic E-state index is 0.668. The molecule has 0 spiro atoms. The molecule has 1 atom stereocenters. The molecule has 0 saturated carbocycles. The van der Waals surface area contributed by atoms with Crippen molar-refractivity contribution in [3.05, 3.63) is 28.2 Å². The number of anilines is 1. The Labute approximate surface area is 104 Å². The predicted octanol–water partition coefficient (Wildman–Crippen LogP) is 3.93. The van der Waals surface area contributed by atoms with Gasteiger partial charge in [-0.25, -0.2) is 0 Å². The van der Waals surface area contributed by atoms with Crippen molar-refractivity contribution in [3.63, 3.8) is 0 Å². The van der Waals surface area contributed by atoms with Gasteiger partial charge in [0.2, 0.25) is 0 Å². The lowest BCUT2D eigenvalue weighted by molar-refractivity contribution is 0.810. The topological polar surface area (TPSA) is 12.0 Å². The fourth-order valence-electron chi connectivity index (χ4n) is 1.86. The summed E-state index contributed by atoms with van der Waals surface area (Å²) in [7, 11) is 0. The molecule has 1 unspecified atom stereocenters. The molecule has 1 aromatic carbocycles. The highest BCUT2D eigenvalue weighted by molar-refractivity contribution is 9.10. The van der Waals surface area contributed by atoms with Crippen LogP contribution in [0.15, 0.2) is 22.7 Å². The van der Waals surface area contributed by atoms with E-state index in [1.54, 1.807) is 0 Å². The van der Waals surface area contributed by atoms with Gasteiger partial charge in [0.1, 0.15) is 0 Å². The van der Waals surface area contributed by atoms with Gasteiger partial charge in [0.25, 0.3) is 0 Å². The third kappa shape index (κ3) is 2.91. The standard InChI is InChI=1S/C12H16BrNS/c1-2-9-7-10(13)3-4-12(9)14-11-5-6-15-8-11/h3-4,7,11,14H,2,5-6,8H2,1H3. The first kappa shape index (κ1) is 11.3. The van der Waals surface area contributed by atoms with Crippen LogP contribution in [0.5, 0.6) is 0 Å². The SMILES string of the molecule is CCc1cc(Br)ccc1NC1CCSC1. The minimum Gasteiger partial charge on any atom is -0.381 e. The first-order valence-electron chi connectivity index (χ1n) is 5.42. The highest BCUT2D eigenvalue weighted by atomic mass is 79.9. The summed E-state index contributed by atoms with van der Waals surface area (Å²) >= 11 is 5.56. The van der Waals surface area contributed by atoms with Gasteiger partial charge >= 0.3 is 0 Å². The van der Waals surface area contributed by atoms with Gasteiger partial charge in [0.05, 0.1) is 0 Å². The molecule has 1 aliphatic heterocycles. The molecule has 3 heteroatoms. The van der Waals surface area contributed by atoms with Crippen molar-refractivity contribution < 1.29 is 0 Å². The van der Waals surface area contributed by atoms with Crippen molar-refractivity contribution in [2.75, 3.05) is 16.8 Å². The van der Waals surface area contributed by atoms with E-state index in [4.69, 9.17) is 0 Å². The molecule has 0 aromatic heterocycles.